The van der Waals surface area contributed by atoms with E-state index in [1.54, 1.807) is 0 Å². The predicted octanol–water partition coefficient (Wildman–Crippen LogP) is 1.85. The van der Waals surface area contributed by atoms with E-state index in [-0.39, 0.29) is 0 Å². The Kier molecular flexibility index (Phi) is 3.17. The SMILES string of the molecule is CN1CCC(c2ccccc2CC=O)C1. The number of carbonyl (C=O) groups is 1. The van der Waals surface area contributed by atoms with Crippen LogP contribution in [-0.4, -0.2) is 31.3 Å². The van der Waals surface area contributed by atoms with Crippen LogP contribution in [0.5, 0.6) is 0 Å². The fourth-order valence-corrected chi connectivity index (χ4v) is 2.40. The maximum Gasteiger partial charge on any atom is 0.124 e. The predicted molar refractivity (Wildman–Crippen MR) is 61.1 cm³/mol. The number of likely N-dealkylation sites (tertiary alicyclic amines) is 1. The molecule has 1 saturated heterocycles. The zero-order valence-electron chi connectivity index (χ0n) is 9.15. The monoisotopic (exact) mass is 203 g/mol. The highest BCUT2D eigenvalue weighted by molar-refractivity contribution is 5.56. The molecule has 0 spiro atoms. The smallest absolute Gasteiger partial charge is 0.124 e. The highest BCUT2D eigenvalue weighted by Gasteiger charge is 2.22. The Morgan fingerprint density at radius 1 is 1.47 bits per heavy atom. The molecule has 0 aromatic heterocycles. The molecule has 1 unspecified atom stereocenters. The second-order valence-corrected chi connectivity index (χ2v) is 4.32. The van der Waals surface area contributed by atoms with Gasteiger partial charge in [0.15, 0.2) is 0 Å². The first-order valence-electron chi connectivity index (χ1n) is 5.51. The quantitative estimate of drug-likeness (QED) is 0.699. The van der Waals surface area contributed by atoms with E-state index in [0.717, 1.165) is 12.8 Å². The zero-order chi connectivity index (χ0) is 10.7. The van der Waals surface area contributed by atoms with Crippen molar-refractivity contribution >= 4 is 6.29 Å². The second kappa shape index (κ2) is 4.58. The molecule has 2 rings (SSSR count). The van der Waals surface area contributed by atoms with Crippen molar-refractivity contribution in [2.24, 2.45) is 0 Å². The molecule has 1 aliphatic heterocycles. The fraction of sp³-hybridized carbons (Fsp3) is 0.462. The molecular weight excluding hydrogens is 186 g/mol. The lowest BCUT2D eigenvalue weighted by molar-refractivity contribution is -0.107. The Labute approximate surface area is 90.9 Å². The number of carbonyl (C=O) groups excluding carboxylic acids is 1. The molecular formula is C13H17NO. The van der Waals surface area contributed by atoms with Gasteiger partial charge in [-0.1, -0.05) is 24.3 Å². The summed E-state index contributed by atoms with van der Waals surface area (Å²) in [4.78, 5) is 12.9. The maximum atomic E-state index is 10.6. The molecule has 1 aliphatic rings. The van der Waals surface area contributed by atoms with E-state index in [1.165, 1.54) is 24.1 Å². The minimum absolute atomic E-state index is 0.552. The third kappa shape index (κ3) is 2.26. The van der Waals surface area contributed by atoms with Gasteiger partial charge < -0.3 is 9.69 Å². The summed E-state index contributed by atoms with van der Waals surface area (Å²) in [6, 6.07) is 8.33. The van der Waals surface area contributed by atoms with Crippen LogP contribution in [0.15, 0.2) is 24.3 Å². The average molecular weight is 203 g/mol. The minimum atomic E-state index is 0.552. The number of likely N-dealkylation sites (N-methyl/N-ethyl adjacent to an activating group) is 1. The largest absolute Gasteiger partial charge is 0.306 e. The first-order chi connectivity index (χ1) is 7.31. The van der Waals surface area contributed by atoms with Gasteiger partial charge in [-0.25, -0.2) is 0 Å². The third-order valence-corrected chi connectivity index (χ3v) is 3.19. The van der Waals surface area contributed by atoms with Gasteiger partial charge in [0.1, 0.15) is 6.29 Å². The van der Waals surface area contributed by atoms with E-state index in [9.17, 15) is 4.79 Å². The number of hydrogen-bond acceptors (Lipinski definition) is 2. The molecule has 2 nitrogen and oxygen atoms in total. The van der Waals surface area contributed by atoms with Gasteiger partial charge in [-0.3, -0.25) is 0 Å². The van der Waals surface area contributed by atoms with Crippen LogP contribution in [0.3, 0.4) is 0 Å². The van der Waals surface area contributed by atoms with Gasteiger partial charge in [0.25, 0.3) is 0 Å². The summed E-state index contributed by atoms with van der Waals surface area (Å²) in [7, 11) is 2.16. The molecule has 0 amide bonds. The molecule has 0 aliphatic carbocycles. The van der Waals surface area contributed by atoms with Crippen molar-refractivity contribution in [3.63, 3.8) is 0 Å². The summed E-state index contributed by atoms with van der Waals surface area (Å²) in [6.07, 6.45) is 2.76. The van der Waals surface area contributed by atoms with Gasteiger partial charge >= 0.3 is 0 Å². The summed E-state index contributed by atoms with van der Waals surface area (Å²) in [6.45, 7) is 2.29. The van der Waals surface area contributed by atoms with E-state index < -0.39 is 0 Å². The lowest BCUT2D eigenvalue weighted by atomic mass is 9.92. The van der Waals surface area contributed by atoms with Gasteiger partial charge in [-0.2, -0.15) is 0 Å². The van der Waals surface area contributed by atoms with Crippen LogP contribution < -0.4 is 0 Å². The molecule has 1 aromatic carbocycles. The summed E-state index contributed by atoms with van der Waals surface area (Å²) in [5.74, 6) is 0.617. The van der Waals surface area contributed by atoms with Crippen molar-refractivity contribution in [1.29, 1.82) is 0 Å². The fourth-order valence-electron chi connectivity index (χ4n) is 2.40. The Bertz CT molecular complexity index is 348. The highest BCUT2D eigenvalue weighted by atomic mass is 16.1. The van der Waals surface area contributed by atoms with Crippen LogP contribution in [0, 0.1) is 0 Å². The van der Waals surface area contributed by atoms with Gasteiger partial charge in [0.2, 0.25) is 0 Å². The Morgan fingerprint density at radius 2 is 2.27 bits per heavy atom. The Hall–Kier alpha value is -1.15. The van der Waals surface area contributed by atoms with Crippen molar-refractivity contribution in [3.05, 3.63) is 35.4 Å². The standard InChI is InChI=1S/C13H17NO/c1-14-8-6-12(10-14)13-5-3-2-4-11(13)7-9-15/h2-5,9,12H,6-8,10H2,1H3. The maximum absolute atomic E-state index is 10.6. The number of nitrogens with zero attached hydrogens (tertiary/aromatic N) is 1. The molecule has 1 atom stereocenters. The first kappa shape index (κ1) is 10.4. The van der Waals surface area contributed by atoms with Crippen molar-refractivity contribution in [3.8, 4) is 0 Å². The van der Waals surface area contributed by atoms with Crippen LogP contribution in [0.4, 0.5) is 0 Å². The molecule has 1 fully saturated rings. The first-order valence-corrected chi connectivity index (χ1v) is 5.51. The molecule has 0 radical (unpaired) electrons. The van der Waals surface area contributed by atoms with Crippen LogP contribution in [0.1, 0.15) is 23.5 Å². The van der Waals surface area contributed by atoms with Crippen LogP contribution in [0.25, 0.3) is 0 Å². The molecule has 0 N–H and O–H groups in total. The molecule has 1 aromatic rings. The Balaban J connectivity index is 2.22. The van der Waals surface area contributed by atoms with Crippen molar-refractivity contribution in [2.45, 2.75) is 18.8 Å². The van der Waals surface area contributed by atoms with E-state index in [1.807, 2.05) is 6.07 Å². The van der Waals surface area contributed by atoms with Gasteiger partial charge in [-0.15, -0.1) is 0 Å². The Morgan fingerprint density at radius 3 is 2.93 bits per heavy atom. The molecule has 80 valence electrons. The number of benzene rings is 1. The minimum Gasteiger partial charge on any atom is -0.306 e. The zero-order valence-corrected chi connectivity index (χ0v) is 9.15. The van der Waals surface area contributed by atoms with E-state index in [4.69, 9.17) is 0 Å². The van der Waals surface area contributed by atoms with Gasteiger partial charge in [-0.05, 0) is 37.1 Å². The molecule has 0 bridgehead atoms. The van der Waals surface area contributed by atoms with Crippen LogP contribution >= 0.6 is 0 Å². The van der Waals surface area contributed by atoms with E-state index in [0.29, 0.717) is 12.3 Å². The van der Waals surface area contributed by atoms with Crippen LogP contribution in [-0.2, 0) is 11.2 Å². The van der Waals surface area contributed by atoms with Gasteiger partial charge in [0, 0.05) is 13.0 Å². The summed E-state index contributed by atoms with van der Waals surface area (Å²) in [5, 5.41) is 0. The normalized spacial score (nSPS) is 21.8. The molecule has 1 heterocycles. The van der Waals surface area contributed by atoms with Crippen molar-refractivity contribution in [1.82, 2.24) is 4.90 Å². The summed E-state index contributed by atoms with van der Waals surface area (Å²) in [5.41, 5.74) is 2.57. The van der Waals surface area contributed by atoms with Crippen LogP contribution in [0.2, 0.25) is 0 Å². The van der Waals surface area contributed by atoms with Crippen molar-refractivity contribution < 1.29 is 4.79 Å². The number of rotatable bonds is 3. The third-order valence-electron chi connectivity index (χ3n) is 3.19. The lowest BCUT2D eigenvalue weighted by Gasteiger charge is -2.14. The molecule has 0 saturated carbocycles. The lowest BCUT2D eigenvalue weighted by Crippen LogP contribution is -2.14. The van der Waals surface area contributed by atoms with E-state index in [2.05, 4.69) is 30.1 Å². The van der Waals surface area contributed by atoms with Crippen molar-refractivity contribution in [2.75, 3.05) is 20.1 Å². The average Bonchev–Trinajstić information content (AvgIpc) is 2.66. The van der Waals surface area contributed by atoms with Gasteiger partial charge in [0.05, 0.1) is 0 Å². The summed E-state index contributed by atoms with van der Waals surface area (Å²) >= 11 is 0. The molecule has 15 heavy (non-hydrogen) atoms. The summed E-state index contributed by atoms with van der Waals surface area (Å²) < 4.78 is 0. The highest BCUT2D eigenvalue weighted by Crippen LogP contribution is 2.28. The molecule has 2 heteroatoms. The topological polar surface area (TPSA) is 20.3 Å². The van der Waals surface area contributed by atoms with E-state index >= 15 is 0 Å². The second-order valence-electron chi connectivity index (χ2n) is 4.32. The number of aldehydes is 1. The number of hydrogen-bond donors (Lipinski definition) is 0.